The number of carbonyl (C=O) groups excluding carboxylic acids is 1. The van der Waals surface area contributed by atoms with Gasteiger partial charge in [-0.05, 0) is 31.5 Å². The van der Waals surface area contributed by atoms with Gasteiger partial charge in [0.05, 0.1) is 29.0 Å². The lowest BCUT2D eigenvalue weighted by molar-refractivity contribution is -0.122. The Kier molecular flexibility index (Phi) is 3.50. The van der Waals surface area contributed by atoms with Crippen LogP contribution < -0.4 is 16.4 Å². The van der Waals surface area contributed by atoms with E-state index in [1.165, 1.54) is 0 Å². The topological polar surface area (TPSA) is 98.4 Å². The molecule has 0 aliphatic carbocycles. The molecule has 0 atom stereocenters. The van der Waals surface area contributed by atoms with E-state index in [0.29, 0.717) is 23.7 Å². The molecule has 26 heavy (non-hydrogen) atoms. The molecule has 3 aromatic rings. The Bertz CT molecular complexity index is 992. The van der Waals surface area contributed by atoms with Gasteiger partial charge in [-0.15, -0.1) is 0 Å². The molecule has 6 nitrogen and oxygen atoms in total. The van der Waals surface area contributed by atoms with Crippen LogP contribution in [0.15, 0.2) is 53.1 Å². The number of nitrogen functional groups attached to an aromatic ring is 2. The van der Waals surface area contributed by atoms with E-state index in [1.807, 2.05) is 50.2 Å². The zero-order valence-corrected chi connectivity index (χ0v) is 14.7. The van der Waals surface area contributed by atoms with E-state index in [0.717, 1.165) is 22.5 Å². The van der Waals surface area contributed by atoms with Gasteiger partial charge in [-0.25, -0.2) is 0 Å². The minimum absolute atomic E-state index is 0.0184. The monoisotopic (exact) mass is 348 g/mol. The summed E-state index contributed by atoms with van der Waals surface area (Å²) in [6.07, 6.45) is 0. The number of hydrogen-bond donors (Lipinski definition) is 2. The summed E-state index contributed by atoms with van der Waals surface area (Å²) in [7, 11) is 0. The Morgan fingerprint density at radius 3 is 2.50 bits per heavy atom. The molecule has 4 N–H and O–H groups in total. The number of benzene rings is 2. The predicted octanol–water partition coefficient (Wildman–Crippen LogP) is 3.33. The van der Waals surface area contributed by atoms with E-state index < -0.39 is 5.41 Å². The second-order valence-corrected chi connectivity index (χ2v) is 7.06. The molecule has 6 heteroatoms. The lowest BCUT2D eigenvalue weighted by Gasteiger charge is -2.19. The molecular formula is C20H20N4O2. The van der Waals surface area contributed by atoms with Crippen molar-refractivity contribution in [3.05, 3.63) is 59.9 Å². The SMILES string of the molecule is CC1(C)C(=O)N(Cc2cc(-c3ccccc3)no2)c2cc(N)c(N)cc21. The zero-order chi connectivity index (χ0) is 18.5. The van der Waals surface area contributed by atoms with E-state index in [4.69, 9.17) is 16.0 Å². The number of rotatable bonds is 3. The highest BCUT2D eigenvalue weighted by Gasteiger charge is 2.44. The Hall–Kier alpha value is -3.28. The van der Waals surface area contributed by atoms with Crippen LogP contribution in [0.1, 0.15) is 25.2 Å². The zero-order valence-electron chi connectivity index (χ0n) is 14.7. The maximum absolute atomic E-state index is 13.0. The molecule has 2 heterocycles. The quantitative estimate of drug-likeness (QED) is 0.707. The first kappa shape index (κ1) is 16.2. The van der Waals surface area contributed by atoms with Crippen molar-refractivity contribution >= 4 is 23.0 Å². The van der Waals surface area contributed by atoms with Crippen LogP contribution in [0.3, 0.4) is 0 Å². The smallest absolute Gasteiger partial charge is 0.237 e. The van der Waals surface area contributed by atoms with Crippen molar-refractivity contribution < 1.29 is 9.32 Å². The maximum Gasteiger partial charge on any atom is 0.237 e. The number of fused-ring (bicyclic) bond motifs is 1. The van der Waals surface area contributed by atoms with Crippen molar-refractivity contribution in [2.24, 2.45) is 0 Å². The highest BCUT2D eigenvalue weighted by Crippen LogP contribution is 2.44. The first-order valence-corrected chi connectivity index (χ1v) is 8.40. The lowest BCUT2D eigenvalue weighted by atomic mass is 9.86. The van der Waals surface area contributed by atoms with Crippen molar-refractivity contribution in [3.63, 3.8) is 0 Å². The fourth-order valence-corrected chi connectivity index (χ4v) is 3.35. The molecule has 1 aliphatic rings. The van der Waals surface area contributed by atoms with Gasteiger partial charge in [0.1, 0.15) is 5.69 Å². The minimum Gasteiger partial charge on any atom is -0.397 e. The Morgan fingerprint density at radius 1 is 1.08 bits per heavy atom. The lowest BCUT2D eigenvalue weighted by Crippen LogP contribution is -2.35. The molecule has 132 valence electrons. The van der Waals surface area contributed by atoms with Crippen molar-refractivity contribution in [1.82, 2.24) is 5.16 Å². The molecule has 0 saturated carbocycles. The maximum atomic E-state index is 13.0. The van der Waals surface area contributed by atoms with Crippen LogP contribution in [0.5, 0.6) is 0 Å². The molecule has 0 spiro atoms. The van der Waals surface area contributed by atoms with Crippen molar-refractivity contribution in [2.45, 2.75) is 25.8 Å². The van der Waals surface area contributed by atoms with Gasteiger partial charge in [0, 0.05) is 11.6 Å². The highest BCUT2D eigenvalue weighted by atomic mass is 16.5. The van der Waals surface area contributed by atoms with Crippen LogP contribution in [0.2, 0.25) is 0 Å². The summed E-state index contributed by atoms with van der Waals surface area (Å²) >= 11 is 0. The van der Waals surface area contributed by atoms with E-state index in [1.54, 1.807) is 17.0 Å². The van der Waals surface area contributed by atoms with E-state index in [2.05, 4.69) is 5.16 Å². The summed E-state index contributed by atoms with van der Waals surface area (Å²) in [5.41, 5.74) is 15.5. The fraction of sp³-hybridized carbons (Fsp3) is 0.200. The van der Waals surface area contributed by atoms with E-state index in [9.17, 15) is 4.79 Å². The molecule has 4 rings (SSSR count). The van der Waals surface area contributed by atoms with Gasteiger partial charge < -0.3 is 20.9 Å². The Labute approximate surface area is 151 Å². The molecule has 0 unspecified atom stereocenters. The standard InChI is InChI=1S/C20H20N4O2/c1-20(2)14-9-15(21)16(22)10-18(14)24(19(20)25)11-13-8-17(23-26-13)12-6-4-3-5-7-12/h3-10H,11,21-22H2,1-2H3. The van der Waals surface area contributed by atoms with Crippen LogP contribution in [0, 0.1) is 0 Å². The number of amides is 1. The summed E-state index contributed by atoms with van der Waals surface area (Å²) < 4.78 is 5.47. The number of nitrogens with zero attached hydrogens (tertiary/aromatic N) is 2. The van der Waals surface area contributed by atoms with E-state index >= 15 is 0 Å². The normalized spacial score (nSPS) is 15.3. The van der Waals surface area contributed by atoms with Gasteiger partial charge >= 0.3 is 0 Å². The first-order chi connectivity index (χ1) is 12.4. The van der Waals surface area contributed by atoms with Crippen LogP contribution in [0.4, 0.5) is 17.1 Å². The minimum atomic E-state index is -0.667. The summed E-state index contributed by atoms with van der Waals surface area (Å²) in [5, 5.41) is 4.12. The molecule has 1 amide bonds. The summed E-state index contributed by atoms with van der Waals surface area (Å²) in [5.74, 6) is 0.589. The number of anilines is 3. The summed E-state index contributed by atoms with van der Waals surface area (Å²) in [6.45, 7) is 4.07. The van der Waals surface area contributed by atoms with Crippen molar-refractivity contribution in [2.75, 3.05) is 16.4 Å². The number of aromatic nitrogens is 1. The van der Waals surface area contributed by atoms with Gasteiger partial charge in [-0.3, -0.25) is 4.79 Å². The molecule has 1 aromatic heterocycles. The Balaban J connectivity index is 1.69. The number of nitrogens with two attached hydrogens (primary N) is 2. The molecule has 0 radical (unpaired) electrons. The first-order valence-electron chi connectivity index (χ1n) is 8.40. The average Bonchev–Trinajstić information content (AvgIpc) is 3.16. The average molecular weight is 348 g/mol. The third kappa shape index (κ3) is 2.42. The van der Waals surface area contributed by atoms with Gasteiger partial charge in [-0.1, -0.05) is 35.5 Å². The predicted molar refractivity (Wildman–Crippen MR) is 101 cm³/mol. The van der Waals surface area contributed by atoms with Gasteiger partial charge in [-0.2, -0.15) is 0 Å². The van der Waals surface area contributed by atoms with E-state index in [-0.39, 0.29) is 5.91 Å². The highest BCUT2D eigenvalue weighted by molar-refractivity contribution is 6.08. The van der Waals surface area contributed by atoms with Crippen LogP contribution >= 0.6 is 0 Å². The second kappa shape index (κ2) is 5.62. The molecule has 2 aromatic carbocycles. The summed E-state index contributed by atoms with van der Waals surface area (Å²) in [4.78, 5) is 14.7. The molecule has 0 saturated heterocycles. The summed E-state index contributed by atoms with van der Waals surface area (Å²) in [6, 6.07) is 15.2. The van der Waals surface area contributed by atoms with Gasteiger partial charge in [0.2, 0.25) is 5.91 Å². The van der Waals surface area contributed by atoms with Crippen LogP contribution in [-0.2, 0) is 16.8 Å². The molecule has 0 bridgehead atoms. The van der Waals surface area contributed by atoms with Crippen molar-refractivity contribution in [3.8, 4) is 11.3 Å². The van der Waals surface area contributed by atoms with Gasteiger partial charge in [0.15, 0.2) is 5.76 Å². The van der Waals surface area contributed by atoms with Crippen LogP contribution in [0.25, 0.3) is 11.3 Å². The van der Waals surface area contributed by atoms with Gasteiger partial charge in [0.25, 0.3) is 0 Å². The second-order valence-electron chi connectivity index (χ2n) is 7.06. The third-order valence-electron chi connectivity index (χ3n) is 4.89. The third-order valence-corrected chi connectivity index (χ3v) is 4.89. The van der Waals surface area contributed by atoms with Crippen molar-refractivity contribution in [1.29, 1.82) is 0 Å². The molecular weight excluding hydrogens is 328 g/mol. The Morgan fingerprint density at radius 2 is 1.77 bits per heavy atom. The molecule has 1 aliphatic heterocycles. The number of carbonyl (C=O) groups is 1. The number of hydrogen-bond acceptors (Lipinski definition) is 5. The fourth-order valence-electron chi connectivity index (χ4n) is 3.35. The molecule has 0 fully saturated rings. The van der Waals surface area contributed by atoms with Crippen LogP contribution in [-0.4, -0.2) is 11.1 Å². The largest absolute Gasteiger partial charge is 0.397 e.